The van der Waals surface area contributed by atoms with Crippen molar-refractivity contribution in [3.05, 3.63) is 65.2 Å². The lowest BCUT2D eigenvalue weighted by Gasteiger charge is -2.07. The van der Waals surface area contributed by atoms with E-state index in [1.807, 2.05) is 31.2 Å². The van der Waals surface area contributed by atoms with Gasteiger partial charge >= 0.3 is 5.97 Å². The van der Waals surface area contributed by atoms with Gasteiger partial charge in [0.1, 0.15) is 12.4 Å². The van der Waals surface area contributed by atoms with Crippen molar-refractivity contribution in [2.45, 2.75) is 13.5 Å². The van der Waals surface area contributed by atoms with Crippen LogP contribution in [0.15, 0.2) is 48.5 Å². The van der Waals surface area contributed by atoms with Crippen LogP contribution in [0.3, 0.4) is 0 Å². The number of hydrogen-bond donors (Lipinski definition) is 1. The number of carbonyl (C=O) groups excluding carboxylic acids is 2. The van der Waals surface area contributed by atoms with Gasteiger partial charge in [-0.2, -0.15) is 0 Å². The van der Waals surface area contributed by atoms with Crippen LogP contribution in [0.2, 0.25) is 0 Å². The standard InChI is InChI=1S/C17H17NO4/c1-12-2-4-13(5-3-12)10-22-17(20)14-6-8-15(9-7-14)21-11-16(18)19/h2-9H,10-11H2,1H3,(H2,18,19). The van der Waals surface area contributed by atoms with E-state index >= 15 is 0 Å². The summed E-state index contributed by atoms with van der Waals surface area (Å²) in [6, 6.07) is 14.1. The van der Waals surface area contributed by atoms with Gasteiger partial charge in [-0.3, -0.25) is 4.79 Å². The summed E-state index contributed by atoms with van der Waals surface area (Å²) < 4.78 is 10.4. The molecule has 5 nitrogen and oxygen atoms in total. The molecule has 0 heterocycles. The Kier molecular flexibility index (Phi) is 5.14. The molecule has 0 atom stereocenters. The van der Waals surface area contributed by atoms with Crippen LogP contribution in [0.4, 0.5) is 0 Å². The molecule has 2 rings (SSSR count). The smallest absolute Gasteiger partial charge is 0.338 e. The van der Waals surface area contributed by atoms with Crippen LogP contribution in [-0.4, -0.2) is 18.5 Å². The van der Waals surface area contributed by atoms with E-state index in [2.05, 4.69) is 0 Å². The Morgan fingerprint density at radius 1 is 1.00 bits per heavy atom. The van der Waals surface area contributed by atoms with Crippen LogP contribution in [0.25, 0.3) is 0 Å². The second-order valence-corrected chi connectivity index (χ2v) is 4.84. The molecule has 0 spiro atoms. The second kappa shape index (κ2) is 7.26. The predicted octanol–water partition coefficient (Wildman–Crippen LogP) is 2.22. The first-order chi connectivity index (χ1) is 10.5. The van der Waals surface area contributed by atoms with Crippen LogP contribution >= 0.6 is 0 Å². The van der Waals surface area contributed by atoms with Crippen LogP contribution in [0.1, 0.15) is 21.5 Å². The third kappa shape index (κ3) is 4.63. The Hall–Kier alpha value is -2.82. The molecule has 0 saturated carbocycles. The molecule has 0 saturated heterocycles. The maximum Gasteiger partial charge on any atom is 0.338 e. The maximum atomic E-state index is 11.9. The summed E-state index contributed by atoms with van der Waals surface area (Å²) in [5.74, 6) is -0.502. The van der Waals surface area contributed by atoms with Crippen LogP contribution < -0.4 is 10.5 Å². The molecule has 1 amide bonds. The Bertz CT molecular complexity index is 647. The molecule has 0 fully saturated rings. The van der Waals surface area contributed by atoms with Crippen LogP contribution in [-0.2, 0) is 16.1 Å². The molecular formula is C17H17NO4. The van der Waals surface area contributed by atoms with Gasteiger partial charge in [-0.25, -0.2) is 4.79 Å². The summed E-state index contributed by atoms with van der Waals surface area (Å²) in [6.45, 7) is 2.02. The zero-order valence-corrected chi connectivity index (χ0v) is 12.2. The van der Waals surface area contributed by atoms with Crippen molar-refractivity contribution in [2.75, 3.05) is 6.61 Å². The van der Waals surface area contributed by atoms with Gasteiger partial charge in [0.15, 0.2) is 6.61 Å². The first-order valence-electron chi connectivity index (χ1n) is 6.78. The first-order valence-corrected chi connectivity index (χ1v) is 6.78. The average molecular weight is 299 g/mol. The van der Waals surface area contributed by atoms with Gasteiger partial charge in [-0.15, -0.1) is 0 Å². The average Bonchev–Trinajstić information content (AvgIpc) is 2.52. The highest BCUT2D eigenvalue weighted by Crippen LogP contribution is 2.14. The number of rotatable bonds is 6. The summed E-state index contributed by atoms with van der Waals surface area (Å²) in [7, 11) is 0. The van der Waals surface area contributed by atoms with E-state index in [-0.39, 0.29) is 13.2 Å². The van der Waals surface area contributed by atoms with Crippen molar-refractivity contribution < 1.29 is 19.1 Å². The number of hydrogen-bond acceptors (Lipinski definition) is 4. The minimum absolute atomic E-state index is 0.197. The quantitative estimate of drug-likeness (QED) is 0.829. The van der Waals surface area contributed by atoms with Gasteiger partial charge in [-0.05, 0) is 36.8 Å². The lowest BCUT2D eigenvalue weighted by Crippen LogP contribution is -2.20. The summed E-state index contributed by atoms with van der Waals surface area (Å²) in [6.07, 6.45) is 0. The van der Waals surface area contributed by atoms with Gasteiger partial charge in [-0.1, -0.05) is 29.8 Å². The highest BCUT2D eigenvalue weighted by Gasteiger charge is 2.08. The van der Waals surface area contributed by atoms with E-state index in [0.717, 1.165) is 11.1 Å². The number of ether oxygens (including phenoxy) is 2. The fraction of sp³-hybridized carbons (Fsp3) is 0.176. The number of benzene rings is 2. The summed E-state index contributed by atoms with van der Waals surface area (Å²) in [5, 5.41) is 0. The van der Waals surface area contributed by atoms with E-state index < -0.39 is 11.9 Å². The van der Waals surface area contributed by atoms with E-state index in [0.29, 0.717) is 11.3 Å². The molecule has 22 heavy (non-hydrogen) atoms. The topological polar surface area (TPSA) is 78.6 Å². The van der Waals surface area contributed by atoms with E-state index in [9.17, 15) is 9.59 Å². The SMILES string of the molecule is Cc1ccc(COC(=O)c2ccc(OCC(N)=O)cc2)cc1. The monoisotopic (exact) mass is 299 g/mol. The molecule has 2 aromatic carbocycles. The molecule has 114 valence electrons. The number of amides is 1. The summed E-state index contributed by atoms with van der Waals surface area (Å²) in [5.41, 5.74) is 7.48. The molecule has 2 aromatic rings. The number of nitrogens with two attached hydrogens (primary N) is 1. The fourth-order valence-corrected chi connectivity index (χ4v) is 1.76. The minimum Gasteiger partial charge on any atom is -0.484 e. The van der Waals surface area contributed by atoms with Crippen molar-refractivity contribution >= 4 is 11.9 Å². The van der Waals surface area contributed by atoms with E-state index in [1.165, 1.54) is 0 Å². The highest BCUT2D eigenvalue weighted by atomic mass is 16.5. The van der Waals surface area contributed by atoms with Crippen molar-refractivity contribution in [1.29, 1.82) is 0 Å². The molecule has 0 aliphatic carbocycles. The van der Waals surface area contributed by atoms with Gasteiger partial charge < -0.3 is 15.2 Å². The fourth-order valence-electron chi connectivity index (χ4n) is 1.76. The zero-order valence-electron chi connectivity index (χ0n) is 12.2. The lowest BCUT2D eigenvalue weighted by molar-refractivity contribution is -0.119. The summed E-state index contributed by atoms with van der Waals surface area (Å²) >= 11 is 0. The van der Waals surface area contributed by atoms with Crippen molar-refractivity contribution in [3.63, 3.8) is 0 Å². The largest absolute Gasteiger partial charge is 0.484 e. The van der Waals surface area contributed by atoms with E-state index in [1.54, 1.807) is 24.3 Å². The highest BCUT2D eigenvalue weighted by molar-refractivity contribution is 5.89. The van der Waals surface area contributed by atoms with Crippen molar-refractivity contribution in [1.82, 2.24) is 0 Å². The van der Waals surface area contributed by atoms with Gasteiger partial charge in [0.2, 0.25) is 0 Å². The normalized spacial score (nSPS) is 10.0. The van der Waals surface area contributed by atoms with Crippen LogP contribution in [0.5, 0.6) is 5.75 Å². The lowest BCUT2D eigenvalue weighted by atomic mass is 10.2. The molecule has 0 bridgehead atoms. The van der Waals surface area contributed by atoms with Crippen molar-refractivity contribution in [2.24, 2.45) is 5.73 Å². The van der Waals surface area contributed by atoms with Gasteiger partial charge in [0, 0.05) is 0 Å². The predicted molar refractivity (Wildman–Crippen MR) is 81.4 cm³/mol. The maximum absolute atomic E-state index is 11.9. The molecule has 0 aliphatic heterocycles. The Balaban J connectivity index is 1.89. The van der Waals surface area contributed by atoms with Crippen molar-refractivity contribution in [3.8, 4) is 5.75 Å². The molecule has 0 aliphatic rings. The molecule has 2 N–H and O–H groups in total. The van der Waals surface area contributed by atoms with E-state index in [4.69, 9.17) is 15.2 Å². The third-order valence-corrected chi connectivity index (χ3v) is 2.96. The van der Waals surface area contributed by atoms with Crippen LogP contribution in [0, 0.1) is 6.92 Å². The first kappa shape index (κ1) is 15.6. The second-order valence-electron chi connectivity index (χ2n) is 4.84. The number of aryl methyl sites for hydroxylation is 1. The molecule has 0 unspecified atom stereocenters. The third-order valence-electron chi connectivity index (χ3n) is 2.96. The molecular weight excluding hydrogens is 282 g/mol. The molecule has 0 aromatic heterocycles. The Morgan fingerprint density at radius 3 is 2.23 bits per heavy atom. The zero-order chi connectivity index (χ0) is 15.9. The van der Waals surface area contributed by atoms with Gasteiger partial charge in [0.25, 0.3) is 5.91 Å². The number of esters is 1. The summed E-state index contributed by atoms with van der Waals surface area (Å²) in [4.78, 5) is 22.5. The Labute approximate surface area is 128 Å². The number of primary amides is 1. The minimum atomic E-state index is -0.554. The Morgan fingerprint density at radius 2 is 1.64 bits per heavy atom. The number of carbonyl (C=O) groups is 2. The van der Waals surface area contributed by atoms with Gasteiger partial charge in [0.05, 0.1) is 5.56 Å². The molecule has 5 heteroatoms. The molecule has 0 radical (unpaired) electrons.